The second-order valence-corrected chi connectivity index (χ2v) is 11.9. The number of anilines is 1. The Morgan fingerprint density at radius 2 is 1.49 bits per heavy atom. The SMILES string of the molecule is CC[C@H](C)NC(=O)[C@H](C)N(Cc1ccccc1C)C(=O)CN(c1ccc(C)c(C)c1)S(=O)(=O)c1ccccc1. The van der Waals surface area contributed by atoms with E-state index in [1.165, 1.54) is 17.0 Å². The smallest absolute Gasteiger partial charge is 0.264 e. The van der Waals surface area contributed by atoms with Gasteiger partial charge in [0.25, 0.3) is 10.0 Å². The minimum atomic E-state index is -4.08. The largest absolute Gasteiger partial charge is 0.352 e. The number of hydrogen-bond donors (Lipinski definition) is 1. The van der Waals surface area contributed by atoms with Crippen LogP contribution in [0.1, 0.15) is 49.4 Å². The fourth-order valence-corrected chi connectivity index (χ4v) is 5.58. The highest BCUT2D eigenvalue weighted by atomic mass is 32.2. The van der Waals surface area contributed by atoms with Crippen LogP contribution in [-0.4, -0.2) is 43.8 Å². The molecule has 1 N–H and O–H groups in total. The first-order valence-corrected chi connectivity index (χ1v) is 14.7. The topological polar surface area (TPSA) is 86.8 Å². The standard InChI is InChI=1S/C31H39N3O4S/c1-7-25(5)32-31(36)26(6)33(20-27-14-12-11-13-23(27)3)30(35)21-34(28-18-17-22(2)24(4)19-28)39(37,38)29-15-9-8-10-16-29/h8-19,25-26H,7,20-21H2,1-6H3,(H,32,36)/t25-,26-/m0/s1. The molecule has 3 aromatic carbocycles. The third kappa shape index (κ3) is 7.26. The van der Waals surface area contributed by atoms with Gasteiger partial charge in [-0.15, -0.1) is 0 Å². The van der Waals surface area contributed by atoms with E-state index in [0.717, 1.165) is 33.0 Å². The molecule has 39 heavy (non-hydrogen) atoms. The molecule has 0 aliphatic carbocycles. The molecule has 0 spiro atoms. The Morgan fingerprint density at radius 3 is 2.10 bits per heavy atom. The van der Waals surface area contributed by atoms with Crippen LogP contribution in [0.15, 0.2) is 77.7 Å². The molecule has 3 aromatic rings. The second-order valence-electron chi connectivity index (χ2n) is 10.0. The lowest BCUT2D eigenvalue weighted by molar-refractivity contribution is -0.139. The Labute approximate surface area is 232 Å². The van der Waals surface area contributed by atoms with E-state index < -0.39 is 28.5 Å². The zero-order valence-corrected chi connectivity index (χ0v) is 24.5. The summed E-state index contributed by atoms with van der Waals surface area (Å²) in [5, 5.41) is 2.96. The minimum Gasteiger partial charge on any atom is -0.352 e. The van der Waals surface area contributed by atoms with Crippen LogP contribution >= 0.6 is 0 Å². The first-order chi connectivity index (χ1) is 18.4. The van der Waals surface area contributed by atoms with Crippen molar-refractivity contribution in [3.63, 3.8) is 0 Å². The van der Waals surface area contributed by atoms with E-state index in [4.69, 9.17) is 0 Å². The molecule has 0 aliphatic heterocycles. The van der Waals surface area contributed by atoms with E-state index in [-0.39, 0.29) is 23.4 Å². The number of benzene rings is 3. The lowest BCUT2D eigenvalue weighted by Crippen LogP contribution is -2.52. The van der Waals surface area contributed by atoms with E-state index in [2.05, 4.69) is 5.32 Å². The third-order valence-corrected chi connectivity index (χ3v) is 8.95. The molecule has 8 heteroatoms. The van der Waals surface area contributed by atoms with Gasteiger partial charge < -0.3 is 10.2 Å². The number of nitrogens with zero attached hydrogens (tertiary/aromatic N) is 2. The molecule has 0 radical (unpaired) electrons. The van der Waals surface area contributed by atoms with Gasteiger partial charge in [0.05, 0.1) is 10.6 Å². The van der Waals surface area contributed by atoms with Crippen molar-refractivity contribution in [2.75, 3.05) is 10.8 Å². The number of aryl methyl sites for hydroxylation is 3. The maximum atomic E-state index is 14.0. The molecule has 2 amide bonds. The Hall–Kier alpha value is -3.65. The number of amides is 2. The first-order valence-electron chi connectivity index (χ1n) is 13.2. The number of rotatable bonds is 11. The quantitative estimate of drug-likeness (QED) is 0.359. The molecule has 0 aliphatic rings. The molecule has 7 nitrogen and oxygen atoms in total. The van der Waals surface area contributed by atoms with Crippen molar-refractivity contribution < 1.29 is 18.0 Å². The summed E-state index contributed by atoms with van der Waals surface area (Å²) in [7, 11) is -4.08. The summed E-state index contributed by atoms with van der Waals surface area (Å²) in [6, 6.07) is 20.2. The number of sulfonamides is 1. The van der Waals surface area contributed by atoms with Gasteiger partial charge in [-0.1, -0.05) is 55.5 Å². The molecule has 0 saturated heterocycles. The summed E-state index contributed by atoms with van der Waals surface area (Å²) < 4.78 is 28.9. The molecule has 0 unspecified atom stereocenters. The highest BCUT2D eigenvalue weighted by molar-refractivity contribution is 7.92. The number of carbonyl (C=O) groups is 2. The fourth-order valence-electron chi connectivity index (χ4n) is 4.15. The summed E-state index contributed by atoms with van der Waals surface area (Å²) in [6.07, 6.45) is 0.750. The summed E-state index contributed by atoms with van der Waals surface area (Å²) in [4.78, 5) is 28.7. The van der Waals surface area contributed by atoms with E-state index in [9.17, 15) is 18.0 Å². The second kappa shape index (κ2) is 12.9. The lowest BCUT2D eigenvalue weighted by Gasteiger charge is -2.33. The van der Waals surface area contributed by atoms with Gasteiger partial charge in [0.15, 0.2) is 0 Å². The van der Waals surface area contributed by atoms with Gasteiger partial charge in [-0.05, 0) is 87.6 Å². The molecule has 2 atom stereocenters. The van der Waals surface area contributed by atoms with E-state index >= 15 is 0 Å². The maximum absolute atomic E-state index is 14.0. The predicted molar refractivity (Wildman–Crippen MR) is 156 cm³/mol. The zero-order valence-electron chi connectivity index (χ0n) is 23.6. The van der Waals surface area contributed by atoms with Crippen molar-refractivity contribution in [1.29, 1.82) is 0 Å². The van der Waals surface area contributed by atoms with Crippen LogP contribution in [0, 0.1) is 20.8 Å². The monoisotopic (exact) mass is 549 g/mol. The average Bonchev–Trinajstić information content (AvgIpc) is 2.92. The minimum absolute atomic E-state index is 0.0548. The van der Waals surface area contributed by atoms with Gasteiger partial charge in [-0.2, -0.15) is 0 Å². The van der Waals surface area contributed by atoms with Crippen molar-refractivity contribution in [2.45, 2.75) is 71.5 Å². The maximum Gasteiger partial charge on any atom is 0.264 e. The molecule has 0 fully saturated rings. The molecule has 0 aromatic heterocycles. The molecule has 3 rings (SSSR count). The summed E-state index contributed by atoms with van der Waals surface area (Å²) >= 11 is 0. The van der Waals surface area contributed by atoms with Crippen LogP contribution in [-0.2, 0) is 26.2 Å². The van der Waals surface area contributed by atoms with Crippen molar-refractivity contribution in [1.82, 2.24) is 10.2 Å². The molecule has 208 valence electrons. The van der Waals surface area contributed by atoms with Gasteiger partial charge in [-0.3, -0.25) is 13.9 Å². The van der Waals surface area contributed by atoms with Crippen LogP contribution in [0.2, 0.25) is 0 Å². The summed E-state index contributed by atoms with van der Waals surface area (Å²) in [6.45, 7) is 11.1. The Balaban J connectivity index is 2.05. The zero-order chi connectivity index (χ0) is 28.7. The number of nitrogens with one attached hydrogen (secondary N) is 1. The molecular weight excluding hydrogens is 510 g/mol. The average molecular weight is 550 g/mol. The fraction of sp³-hybridized carbons (Fsp3) is 0.355. The van der Waals surface area contributed by atoms with E-state index in [1.807, 2.05) is 65.0 Å². The van der Waals surface area contributed by atoms with Crippen LogP contribution in [0.5, 0.6) is 0 Å². The molecule has 0 saturated carbocycles. The lowest BCUT2D eigenvalue weighted by atomic mass is 10.1. The number of hydrogen-bond acceptors (Lipinski definition) is 4. The van der Waals surface area contributed by atoms with E-state index in [1.54, 1.807) is 37.3 Å². The van der Waals surface area contributed by atoms with Crippen molar-refractivity contribution >= 4 is 27.5 Å². The van der Waals surface area contributed by atoms with Gasteiger partial charge in [0.1, 0.15) is 12.6 Å². The van der Waals surface area contributed by atoms with Gasteiger partial charge >= 0.3 is 0 Å². The van der Waals surface area contributed by atoms with Crippen LogP contribution in [0.4, 0.5) is 5.69 Å². The van der Waals surface area contributed by atoms with Crippen LogP contribution < -0.4 is 9.62 Å². The van der Waals surface area contributed by atoms with Gasteiger partial charge in [0.2, 0.25) is 11.8 Å². The van der Waals surface area contributed by atoms with Crippen LogP contribution in [0.25, 0.3) is 0 Å². The summed E-state index contributed by atoms with van der Waals surface area (Å²) in [5.41, 5.74) is 4.18. The Bertz CT molecular complexity index is 1410. The third-order valence-electron chi connectivity index (χ3n) is 7.16. The van der Waals surface area contributed by atoms with Crippen molar-refractivity contribution in [3.8, 4) is 0 Å². The predicted octanol–water partition coefficient (Wildman–Crippen LogP) is 5.14. The Morgan fingerprint density at radius 1 is 0.846 bits per heavy atom. The molecule has 0 bridgehead atoms. The first kappa shape index (κ1) is 29.9. The van der Waals surface area contributed by atoms with E-state index in [0.29, 0.717) is 5.69 Å². The highest BCUT2D eigenvalue weighted by Gasteiger charge is 2.33. The van der Waals surface area contributed by atoms with Gasteiger partial charge in [0, 0.05) is 12.6 Å². The Kier molecular flexibility index (Phi) is 9.92. The summed E-state index contributed by atoms with van der Waals surface area (Å²) in [5.74, 6) is -0.752. The normalized spacial score (nSPS) is 12.9. The van der Waals surface area contributed by atoms with Crippen molar-refractivity contribution in [2.24, 2.45) is 0 Å². The van der Waals surface area contributed by atoms with Crippen LogP contribution in [0.3, 0.4) is 0 Å². The van der Waals surface area contributed by atoms with Crippen molar-refractivity contribution in [3.05, 3.63) is 95.1 Å². The highest BCUT2D eigenvalue weighted by Crippen LogP contribution is 2.26. The molecule has 0 heterocycles. The number of carbonyl (C=O) groups excluding carboxylic acids is 2. The van der Waals surface area contributed by atoms with Gasteiger partial charge in [-0.25, -0.2) is 8.42 Å². The molecular formula is C31H39N3O4S.